The molecular weight excluding hydrogens is 240 g/mol. The van der Waals surface area contributed by atoms with Gasteiger partial charge in [0.25, 0.3) is 0 Å². The lowest BCUT2D eigenvalue weighted by Crippen LogP contribution is -1.97. The fourth-order valence-corrected chi connectivity index (χ4v) is 2.16. The van der Waals surface area contributed by atoms with Crippen LogP contribution < -0.4 is 4.74 Å². The van der Waals surface area contributed by atoms with E-state index >= 15 is 0 Å². The predicted molar refractivity (Wildman–Crippen MR) is 74.9 cm³/mol. The molecular formula is C16H16O3. The summed E-state index contributed by atoms with van der Waals surface area (Å²) in [5, 5.41) is 8.98. The Balaban J connectivity index is 2.50. The summed E-state index contributed by atoms with van der Waals surface area (Å²) in [6.07, 6.45) is 0. The van der Waals surface area contributed by atoms with Gasteiger partial charge >= 0.3 is 5.97 Å². The highest BCUT2D eigenvalue weighted by Gasteiger charge is 2.09. The first-order chi connectivity index (χ1) is 9.02. The van der Waals surface area contributed by atoms with Crippen LogP contribution in [0.15, 0.2) is 36.4 Å². The summed E-state index contributed by atoms with van der Waals surface area (Å²) in [6, 6.07) is 11.1. The molecule has 0 saturated heterocycles. The molecule has 0 heterocycles. The van der Waals surface area contributed by atoms with Crippen molar-refractivity contribution in [2.24, 2.45) is 0 Å². The van der Waals surface area contributed by atoms with E-state index in [1.807, 2.05) is 38.1 Å². The minimum Gasteiger partial charge on any atom is -0.497 e. The molecule has 3 heteroatoms. The summed E-state index contributed by atoms with van der Waals surface area (Å²) in [5.41, 5.74) is 4.51. The Morgan fingerprint density at radius 2 is 1.58 bits per heavy atom. The van der Waals surface area contributed by atoms with Crippen molar-refractivity contribution in [3.8, 4) is 16.9 Å². The smallest absolute Gasteiger partial charge is 0.335 e. The van der Waals surface area contributed by atoms with Crippen molar-refractivity contribution in [3.63, 3.8) is 0 Å². The van der Waals surface area contributed by atoms with E-state index < -0.39 is 5.97 Å². The fourth-order valence-electron chi connectivity index (χ4n) is 2.16. The van der Waals surface area contributed by atoms with Crippen molar-refractivity contribution in [2.75, 3.05) is 7.11 Å². The van der Waals surface area contributed by atoms with Gasteiger partial charge in [-0.05, 0) is 60.4 Å². The van der Waals surface area contributed by atoms with Gasteiger partial charge in [0.2, 0.25) is 0 Å². The molecule has 1 N–H and O–H groups in total. The van der Waals surface area contributed by atoms with Crippen LogP contribution in [0.2, 0.25) is 0 Å². The van der Waals surface area contributed by atoms with Crippen LogP contribution in [-0.4, -0.2) is 18.2 Å². The first kappa shape index (κ1) is 13.1. The molecule has 0 radical (unpaired) electrons. The molecule has 0 spiro atoms. The van der Waals surface area contributed by atoms with Crippen molar-refractivity contribution in [1.82, 2.24) is 0 Å². The molecule has 3 nitrogen and oxygen atoms in total. The van der Waals surface area contributed by atoms with Crippen LogP contribution in [0, 0.1) is 13.8 Å². The Hall–Kier alpha value is -2.29. The van der Waals surface area contributed by atoms with E-state index in [2.05, 4.69) is 0 Å². The zero-order chi connectivity index (χ0) is 14.0. The van der Waals surface area contributed by atoms with Crippen LogP contribution in [-0.2, 0) is 0 Å². The Morgan fingerprint density at radius 1 is 1.00 bits per heavy atom. The number of hydrogen-bond donors (Lipinski definition) is 1. The minimum atomic E-state index is -0.902. The summed E-state index contributed by atoms with van der Waals surface area (Å²) in [7, 11) is 1.64. The molecule has 0 aliphatic heterocycles. The average molecular weight is 256 g/mol. The van der Waals surface area contributed by atoms with Crippen LogP contribution in [0.4, 0.5) is 0 Å². The lowest BCUT2D eigenvalue weighted by molar-refractivity contribution is 0.0697. The largest absolute Gasteiger partial charge is 0.497 e. The SMILES string of the molecule is COc1ccc(-c2ccc(C(=O)O)cc2C)c(C)c1. The maximum absolute atomic E-state index is 10.9. The van der Waals surface area contributed by atoms with E-state index in [9.17, 15) is 4.79 Å². The number of carboxylic acids is 1. The van der Waals surface area contributed by atoms with Gasteiger partial charge < -0.3 is 9.84 Å². The molecule has 2 aromatic carbocycles. The van der Waals surface area contributed by atoms with Crippen LogP contribution >= 0.6 is 0 Å². The van der Waals surface area contributed by atoms with Crippen LogP contribution in [0.25, 0.3) is 11.1 Å². The Bertz CT molecular complexity index is 630. The monoisotopic (exact) mass is 256 g/mol. The van der Waals surface area contributed by atoms with Gasteiger partial charge in [0.1, 0.15) is 5.75 Å². The Morgan fingerprint density at radius 3 is 2.05 bits per heavy atom. The molecule has 0 aromatic heterocycles. The zero-order valence-electron chi connectivity index (χ0n) is 11.2. The van der Waals surface area contributed by atoms with E-state index in [-0.39, 0.29) is 0 Å². The zero-order valence-corrected chi connectivity index (χ0v) is 11.2. The summed E-state index contributed by atoms with van der Waals surface area (Å²) >= 11 is 0. The van der Waals surface area contributed by atoms with E-state index in [0.29, 0.717) is 5.56 Å². The molecule has 19 heavy (non-hydrogen) atoms. The fraction of sp³-hybridized carbons (Fsp3) is 0.188. The third kappa shape index (κ3) is 2.60. The highest BCUT2D eigenvalue weighted by Crippen LogP contribution is 2.29. The topological polar surface area (TPSA) is 46.5 Å². The predicted octanol–water partition coefficient (Wildman–Crippen LogP) is 3.68. The highest BCUT2D eigenvalue weighted by atomic mass is 16.5. The minimum absolute atomic E-state index is 0.312. The summed E-state index contributed by atoms with van der Waals surface area (Å²) in [4.78, 5) is 10.9. The molecule has 98 valence electrons. The Kier molecular flexibility index (Phi) is 3.56. The van der Waals surface area contributed by atoms with Crippen LogP contribution in [0.5, 0.6) is 5.75 Å². The number of rotatable bonds is 3. The molecule has 0 bridgehead atoms. The number of ether oxygens (including phenoxy) is 1. The number of hydrogen-bond acceptors (Lipinski definition) is 2. The second-order valence-electron chi connectivity index (χ2n) is 4.52. The molecule has 2 rings (SSSR count). The standard InChI is InChI=1S/C16H16O3/c1-10-8-12(16(17)18)4-6-14(10)15-7-5-13(19-3)9-11(15)2/h4-9H,1-3H3,(H,17,18). The molecule has 0 amide bonds. The molecule has 0 unspecified atom stereocenters. The van der Waals surface area contributed by atoms with Gasteiger partial charge in [-0.1, -0.05) is 12.1 Å². The van der Waals surface area contributed by atoms with Gasteiger partial charge in [-0.3, -0.25) is 0 Å². The van der Waals surface area contributed by atoms with Crippen LogP contribution in [0.1, 0.15) is 21.5 Å². The van der Waals surface area contributed by atoms with Gasteiger partial charge in [0.05, 0.1) is 12.7 Å². The van der Waals surface area contributed by atoms with Crippen LogP contribution in [0.3, 0.4) is 0 Å². The quantitative estimate of drug-likeness (QED) is 0.911. The summed E-state index contributed by atoms with van der Waals surface area (Å²) in [6.45, 7) is 3.94. The number of methoxy groups -OCH3 is 1. The molecule has 2 aromatic rings. The van der Waals surface area contributed by atoms with Crippen molar-refractivity contribution in [2.45, 2.75) is 13.8 Å². The number of carboxylic acid groups (broad SMARTS) is 1. The van der Waals surface area contributed by atoms with Gasteiger partial charge in [-0.15, -0.1) is 0 Å². The lowest BCUT2D eigenvalue weighted by Gasteiger charge is -2.11. The molecule has 0 atom stereocenters. The lowest BCUT2D eigenvalue weighted by atomic mass is 9.95. The third-order valence-electron chi connectivity index (χ3n) is 3.20. The average Bonchev–Trinajstić information content (AvgIpc) is 2.39. The number of carbonyl (C=O) groups is 1. The first-order valence-corrected chi connectivity index (χ1v) is 6.02. The number of aryl methyl sites for hydroxylation is 2. The maximum Gasteiger partial charge on any atom is 0.335 e. The van der Waals surface area contributed by atoms with E-state index in [0.717, 1.165) is 28.0 Å². The number of aromatic carboxylic acids is 1. The molecule has 0 fully saturated rings. The van der Waals surface area contributed by atoms with Gasteiger partial charge in [0, 0.05) is 0 Å². The summed E-state index contributed by atoms with van der Waals surface area (Å²) < 4.78 is 5.19. The van der Waals surface area contributed by atoms with Gasteiger partial charge in [0.15, 0.2) is 0 Å². The Labute approximate surface area is 112 Å². The van der Waals surface area contributed by atoms with E-state index in [1.54, 1.807) is 19.2 Å². The van der Waals surface area contributed by atoms with Crippen molar-refractivity contribution in [3.05, 3.63) is 53.1 Å². The van der Waals surface area contributed by atoms with Crippen molar-refractivity contribution >= 4 is 5.97 Å². The first-order valence-electron chi connectivity index (χ1n) is 6.02. The second kappa shape index (κ2) is 5.14. The molecule has 0 aliphatic carbocycles. The highest BCUT2D eigenvalue weighted by molar-refractivity contribution is 5.89. The van der Waals surface area contributed by atoms with Gasteiger partial charge in [-0.2, -0.15) is 0 Å². The third-order valence-corrected chi connectivity index (χ3v) is 3.20. The van der Waals surface area contributed by atoms with Crippen molar-refractivity contribution in [1.29, 1.82) is 0 Å². The molecule has 0 aliphatic rings. The van der Waals surface area contributed by atoms with Crippen molar-refractivity contribution < 1.29 is 14.6 Å². The summed E-state index contributed by atoms with van der Waals surface area (Å²) in [5.74, 6) is -0.0813. The maximum atomic E-state index is 10.9. The normalized spacial score (nSPS) is 10.3. The molecule has 0 saturated carbocycles. The van der Waals surface area contributed by atoms with Gasteiger partial charge in [-0.25, -0.2) is 4.79 Å². The van der Waals surface area contributed by atoms with E-state index in [4.69, 9.17) is 9.84 Å². The van der Waals surface area contributed by atoms with E-state index in [1.165, 1.54) is 0 Å². The number of benzene rings is 2. The second-order valence-corrected chi connectivity index (χ2v) is 4.52.